The number of rotatable bonds is 1. The van der Waals surface area contributed by atoms with Crippen molar-refractivity contribution in [2.24, 2.45) is 34.5 Å². The number of nitrogens with zero attached hydrogens (tertiary/aromatic N) is 1. The molecule has 0 aromatic carbocycles. The van der Waals surface area contributed by atoms with Crippen LogP contribution in [0.15, 0.2) is 11.6 Å². The first-order chi connectivity index (χ1) is 11.9. The fourth-order valence-electron chi connectivity index (χ4n) is 7.52. The molecule has 0 bridgehead atoms. The number of hydrogen-bond donors (Lipinski definition) is 0. The quantitative estimate of drug-likeness (QED) is 0.651. The van der Waals surface area contributed by atoms with Gasteiger partial charge in [0.1, 0.15) is 5.78 Å². The summed E-state index contributed by atoms with van der Waals surface area (Å²) in [5.41, 5.74) is 1.73. The number of ether oxygens (including phenoxy) is 1. The lowest BCUT2D eigenvalue weighted by Gasteiger charge is -2.61. The van der Waals surface area contributed by atoms with Gasteiger partial charge in [0.15, 0.2) is 0 Å². The third-order valence-electron chi connectivity index (χ3n) is 8.78. The first-order valence-corrected chi connectivity index (χ1v) is 10.1. The minimum Gasteiger partial charge on any atom is -0.381 e. The number of methoxy groups -OCH3 is 1. The molecule has 0 saturated heterocycles. The first-order valence-electron chi connectivity index (χ1n) is 10.1. The van der Waals surface area contributed by atoms with Crippen LogP contribution in [0.1, 0.15) is 65.2 Å². The van der Waals surface area contributed by atoms with Gasteiger partial charge in [0.05, 0.1) is 12.2 Å². The van der Waals surface area contributed by atoms with E-state index in [0.29, 0.717) is 29.5 Å². The third-order valence-corrected chi connectivity index (χ3v) is 8.78. The Bertz CT molecular complexity index is 647. The summed E-state index contributed by atoms with van der Waals surface area (Å²) in [5.74, 6) is 2.95. The smallest absolute Gasteiger partial charge is 0.133 e. The predicted molar refractivity (Wildman–Crippen MR) is 96.6 cm³/mol. The van der Waals surface area contributed by atoms with Crippen LogP contribution >= 0.6 is 0 Å². The molecule has 4 aliphatic carbocycles. The summed E-state index contributed by atoms with van der Waals surface area (Å²) in [6.45, 7) is 4.84. The number of allylic oxidation sites excluding steroid dienone is 2. The van der Waals surface area contributed by atoms with Crippen LogP contribution in [0.3, 0.4) is 0 Å². The van der Waals surface area contributed by atoms with Crippen LogP contribution in [0.2, 0.25) is 0 Å². The van der Waals surface area contributed by atoms with Crippen molar-refractivity contribution in [1.82, 2.24) is 0 Å². The maximum Gasteiger partial charge on any atom is 0.133 e. The second-order valence-electron chi connectivity index (χ2n) is 9.55. The fraction of sp³-hybridized carbons (Fsp3) is 0.818. The second kappa shape index (κ2) is 5.95. The number of hydrogen-bond acceptors (Lipinski definition) is 3. The highest BCUT2D eigenvalue weighted by molar-refractivity contribution is 5.79. The molecule has 0 radical (unpaired) electrons. The van der Waals surface area contributed by atoms with E-state index in [-0.39, 0.29) is 16.9 Å². The number of fused-ring (bicyclic) bond motifs is 5. The molecule has 7 unspecified atom stereocenters. The summed E-state index contributed by atoms with van der Waals surface area (Å²) in [6.07, 6.45) is 10.4. The summed E-state index contributed by atoms with van der Waals surface area (Å²) in [4.78, 5) is 12.1. The highest BCUT2D eigenvalue weighted by Gasteiger charge is 2.62. The average Bonchev–Trinajstić information content (AvgIpc) is 2.91. The molecule has 4 fully saturated rings. The van der Waals surface area contributed by atoms with Crippen molar-refractivity contribution < 1.29 is 9.53 Å². The largest absolute Gasteiger partial charge is 0.381 e. The van der Waals surface area contributed by atoms with Crippen molar-refractivity contribution >= 4 is 5.78 Å². The van der Waals surface area contributed by atoms with Crippen molar-refractivity contribution in [3.05, 3.63) is 11.6 Å². The number of nitriles is 1. The summed E-state index contributed by atoms with van der Waals surface area (Å²) in [5, 5.41) is 9.22. The molecule has 3 heteroatoms. The van der Waals surface area contributed by atoms with Crippen LogP contribution in [-0.4, -0.2) is 19.0 Å². The van der Waals surface area contributed by atoms with Crippen molar-refractivity contribution in [1.29, 1.82) is 5.26 Å². The zero-order chi connectivity index (χ0) is 17.8. The maximum atomic E-state index is 12.1. The van der Waals surface area contributed by atoms with Crippen LogP contribution in [0.5, 0.6) is 0 Å². The zero-order valence-electron chi connectivity index (χ0n) is 15.9. The minimum atomic E-state index is 0.130. The van der Waals surface area contributed by atoms with Crippen LogP contribution in [0.4, 0.5) is 0 Å². The minimum absolute atomic E-state index is 0.130. The van der Waals surface area contributed by atoms with Gasteiger partial charge in [-0.2, -0.15) is 5.26 Å². The normalized spacial score (nSPS) is 50.7. The summed E-state index contributed by atoms with van der Waals surface area (Å²) >= 11 is 0. The Kier molecular flexibility index (Phi) is 4.11. The maximum absolute atomic E-state index is 12.1. The molecule has 4 saturated carbocycles. The van der Waals surface area contributed by atoms with E-state index in [2.05, 4.69) is 19.9 Å². The summed E-state index contributed by atoms with van der Waals surface area (Å²) < 4.78 is 6.11. The standard InChI is InChI=1S/C22H31NO2/c1-21-10-8-16(24)12-15(21)4-6-17-18-7-5-14(9-11-23)22(18,2)13-19(25-3)20(17)21/h9,15,17-20H,4-8,10,12-13H2,1-3H3. The van der Waals surface area contributed by atoms with E-state index < -0.39 is 0 Å². The molecule has 0 N–H and O–H groups in total. The van der Waals surface area contributed by atoms with Crippen LogP contribution < -0.4 is 0 Å². The first kappa shape index (κ1) is 17.3. The van der Waals surface area contributed by atoms with Crippen molar-refractivity contribution in [3.63, 3.8) is 0 Å². The number of carbonyl (C=O) groups excluding carboxylic acids is 1. The van der Waals surface area contributed by atoms with Gasteiger partial charge in [-0.3, -0.25) is 4.79 Å². The molecule has 0 spiro atoms. The SMILES string of the molecule is COC1CC2(C)C(=CC#N)CCC2C2CCC3CC(=O)CCC3(C)C12. The molecule has 0 heterocycles. The van der Waals surface area contributed by atoms with Gasteiger partial charge in [0.2, 0.25) is 0 Å². The van der Waals surface area contributed by atoms with Crippen LogP contribution in [-0.2, 0) is 9.53 Å². The summed E-state index contributed by atoms with van der Waals surface area (Å²) in [6, 6.07) is 2.29. The average molecular weight is 341 g/mol. The van der Waals surface area contributed by atoms with Crippen molar-refractivity contribution in [2.45, 2.75) is 71.3 Å². The van der Waals surface area contributed by atoms with Gasteiger partial charge >= 0.3 is 0 Å². The Morgan fingerprint density at radius 2 is 2.04 bits per heavy atom. The Balaban J connectivity index is 1.72. The highest BCUT2D eigenvalue weighted by atomic mass is 16.5. The predicted octanol–water partition coefficient (Wildman–Crippen LogP) is 4.67. The second-order valence-corrected chi connectivity index (χ2v) is 9.55. The van der Waals surface area contributed by atoms with E-state index in [0.717, 1.165) is 32.1 Å². The van der Waals surface area contributed by atoms with Crippen LogP contribution in [0.25, 0.3) is 0 Å². The van der Waals surface area contributed by atoms with Crippen molar-refractivity contribution in [2.75, 3.05) is 7.11 Å². The summed E-state index contributed by atoms with van der Waals surface area (Å²) in [7, 11) is 1.87. The van der Waals surface area contributed by atoms with Gasteiger partial charge in [-0.25, -0.2) is 0 Å². The van der Waals surface area contributed by atoms with Gasteiger partial charge in [-0.15, -0.1) is 0 Å². The Labute approximate surface area is 151 Å². The van der Waals surface area contributed by atoms with Crippen LogP contribution in [0, 0.1) is 45.8 Å². The molecular weight excluding hydrogens is 310 g/mol. The van der Waals surface area contributed by atoms with Gasteiger partial charge in [-0.1, -0.05) is 19.4 Å². The van der Waals surface area contributed by atoms with E-state index in [1.807, 2.05) is 13.2 Å². The zero-order valence-corrected chi connectivity index (χ0v) is 15.9. The molecule has 4 aliphatic rings. The fourth-order valence-corrected chi connectivity index (χ4v) is 7.52. The molecular formula is C22H31NO2. The van der Waals surface area contributed by atoms with E-state index in [1.54, 1.807) is 0 Å². The molecule has 3 nitrogen and oxygen atoms in total. The topological polar surface area (TPSA) is 50.1 Å². The molecule has 4 rings (SSSR count). The Morgan fingerprint density at radius 1 is 1.24 bits per heavy atom. The molecule has 0 amide bonds. The number of carbonyl (C=O) groups is 1. The molecule has 136 valence electrons. The molecule has 7 atom stereocenters. The van der Waals surface area contributed by atoms with E-state index in [4.69, 9.17) is 4.74 Å². The highest BCUT2D eigenvalue weighted by Crippen LogP contribution is 2.67. The van der Waals surface area contributed by atoms with Crippen molar-refractivity contribution in [3.8, 4) is 6.07 Å². The van der Waals surface area contributed by atoms with Gasteiger partial charge in [0, 0.05) is 26.0 Å². The van der Waals surface area contributed by atoms with E-state index in [1.165, 1.54) is 24.8 Å². The number of Topliss-reactive ketones (excluding diaryl/α,β-unsaturated/α-hetero) is 1. The molecule has 0 aromatic heterocycles. The lowest BCUT2D eigenvalue weighted by molar-refractivity contribution is -0.170. The molecule has 0 aliphatic heterocycles. The number of ketones is 1. The monoisotopic (exact) mass is 341 g/mol. The Morgan fingerprint density at radius 3 is 2.76 bits per heavy atom. The van der Waals surface area contributed by atoms with E-state index >= 15 is 0 Å². The van der Waals surface area contributed by atoms with E-state index in [9.17, 15) is 10.1 Å². The van der Waals surface area contributed by atoms with Gasteiger partial charge < -0.3 is 4.74 Å². The Hall–Kier alpha value is -1.14. The van der Waals surface area contributed by atoms with Gasteiger partial charge in [-0.05, 0) is 73.0 Å². The van der Waals surface area contributed by atoms with Gasteiger partial charge in [0.25, 0.3) is 0 Å². The lowest BCUT2D eigenvalue weighted by Crippen LogP contribution is -2.58. The molecule has 25 heavy (non-hydrogen) atoms. The third kappa shape index (κ3) is 2.36. The lowest BCUT2D eigenvalue weighted by atomic mass is 9.44. The molecule has 0 aromatic rings.